The van der Waals surface area contributed by atoms with E-state index < -0.39 is 0 Å². The molecule has 3 aromatic rings. The Morgan fingerprint density at radius 1 is 0.895 bits per heavy atom. The molecule has 1 aromatic heterocycles. The first kappa shape index (κ1) is 13.7. The van der Waals surface area contributed by atoms with Gasteiger partial charge < -0.3 is 24.0 Å². The maximum atomic E-state index is 3.88. The lowest BCUT2D eigenvalue weighted by molar-refractivity contribution is -0.362. The highest BCUT2D eigenvalue weighted by Crippen LogP contribution is 2.27. The van der Waals surface area contributed by atoms with Crippen LogP contribution in [0.5, 0.6) is 0 Å². The van der Waals surface area contributed by atoms with Gasteiger partial charge in [-0.2, -0.15) is 0 Å². The summed E-state index contributed by atoms with van der Waals surface area (Å²) in [6.45, 7) is 3.88. The summed E-state index contributed by atoms with van der Waals surface area (Å²) in [6.07, 6.45) is 3.88. The third-order valence-corrected chi connectivity index (χ3v) is 3.17. The van der Waals surface area contributed by atoms with Crippen molar-refractivity contribution in [3.05, 3.63) is 72.9 Å². The van der Waals surface area contributed by atoms with Crippen LogP contribution in [0.1, 0.15) is 5.56 Å². The zero-order chi connectivity index (χ0) is 12.4. The number of rotatable bonds is 2. The molecule has 0 unspecified atom stereocenters. The van der Waals surface area contributed by atoms with E-state index in [1.165, 1.54) is 16.3 Å². The van der Waals surface area contributed by atoms with Crippen molar-refractivity contribution in [2.24, 2.45) is 0 Å². The molecule has 0 saturated carbocycles. The largest absolute Gasteiger partial charge is 1.00 e. The first-order valence-electron chi connectivity index (χ1n) is 6.01. The van der Waals surface area contributed by atoms with Crippen molar-refractivity contribution in [1.82, 2.24) is 0 Å². The molecule has 3 rings (SSSR count). The predicted octanol–water partition coefficient (Wildman–Crippen LogP) is 0.968. The predicted molar refractivity (Wildman–Crippen MR) is 76.0 cm³/mol. The third kappa shape index (κ3) is 2.54. The number of aromatic nitrogens is 1. The maximum Gasteiger partial charge on any atom is 0.219 e. The molecule has 2 heteroatoms. The average molecular weight is 359 g/mol. The molecule has 0 bridgehead atoms. The maximum absolute atomic E-state index is 3.88. The van der Waals surface area contributed by atoms with Crippen LogP contribution in [-0.2, 0) is 0 Å². The minimum atomic E-state index is 0. The number of H-pyrrole nitrogens is 1. The summed E-state index contributed by atoms with van der Waals surface area (Å²) in [5.41, 5.74) is 3.47. The second-order valence-corrected chi connectivity index (χ2v) is 4.23. The fraction of sp³-hybridized carbons (Fsp3) is 0. The lowest BCUT2D eigenvalue weighted by atomic mass is 9.99. The van der Waals surface area contributed by atoms with E-state index in [9.17, 15) is 0 Å². The Kier molecular flexibility index (Phi) is 4.32. The normalized spacial score (nSPS) is 9.89. The molecule has 94 valence electrons. The van der Waals surface area contributed by atoms with Crippen LogP contribution in [0.3, 0.4) is 0 Å². The van der Waals surface area contributed by atoms with Gasteiger partial charge in [0.15, 0.2) is 6.20 Å². The third-order valence-electron chi connectivity index (χ3n) is 3.17. The Morgan fingerprint density at radius 2 is 1.63 bits per heavy atom. The lowest BCUT2D eigenvalue weighted by Gasteiger charge is -2.04. The number of halogens is 1. The highest BCUT2D eigenvalue weighted by atomic mass is 127. The van der Waals surface area contributed by atoms with Gasteiger partial charge in [0.2, 0.25) is 5.69 Å². The van der Waals surface area contributed by atoms with E-state index >= 15 is 0 Å². The number of hydrogen-bond donors (Lipinski definition) is 0. The van der Waals surface area contributed by atoms with Crippen molar-refractivity contribution in [2.75, 3.05) is 0 Å². The van der Waals surface area contributed by atoms with Gasteiger partial charge in [0, 0.05) is 6.07 Å². The van der Waals surface area contributed by atoms with Gasteiger partial charge >= 0.3 is 0 Å². The molecule has 0 amide bonds. The van der Waals surface area contributed by atoms with Gasteiger partial charge in [0.25, 0.3) is 0 Å². The lowest BCUT2D eigenvalue weighted by Crippen LogP contribution is -3.00. The minimum absolute atomic E-state index is 0. The van der Waals surface area contributed by atoms with E-state index in [-0.39, 0.29) is 24.0 Å². The van der Waals surface area contributed by atoms with Crippen molar-refractivity contribution in [3.8, 4) is 11.3 Å². The van der Waals surface area contributed by atoms with E-state index in [1.807, 2.05) is 18.3 Å². The summed E-state index contributed by atoms with van der Waals surface area (Å²) >= 11 is 0. The van der Waals surface area contributed by atoms with E-state index in [0.29, 0.717) is 0 Å². The second-order valence-electron chi connectivity index (χ2n) is 4.23. The van der Waals surface area contributed by atoms with Gasteiger partial charge in [0.1, 0.15) is 0 Å². The minimum Gasteiger partial charge on any atom is -1.00 e. The molecule has 0 atom stereocenters. The average Bonchev–Trinajstić information content (AvgIpc) is 2.46. The first-order valence-corrected chi connectivity index (χ1v) is 6.01. The van der Waals surface area contributed by atoms with E-state index in [0.717, 1.165) is 11.3 Å². The molecule has 0 fully saturated rings. The van der Waals surface area contributed by atoms with Crippen LogP contribution in [0.15, 0.2) is 67.4 Å². The van der Waals surface area contributed by atoms with Crippen molar-refractivity contribution in [1.29, 1.82) is 0 Å². The highest BCUT2D eigenvalue weighted by molar-refractivity contribution is 5.94. The Morgan fingerprint density at radius 3 is 2.47 bits per heavy atom. The van der Waals surface area contributed by atoms with Gasteiger partial charge in [-0.05, 0) is 23.1 Å². The monoisotopic (exact) mass is 359 g/mol. The Bertz CT molecular complexity index is 714. The summed E-state index contributed by atoms with van der Waals surface area (Å²) in [4.78, 5) is 3.35. The van der Waals surface area contributed by atoms with E-state index in [4.69, 9.17) is 0 Å². The summed E-state index contributed by atoms with van der Waals surface area (Å²) in [7, 11) is 0. The second kappa shape index (κ2) is 5.97. The van der Waals surface area contributed by atoms with Crippen LogP contribution >= 0.6 is 0 Å². The molecule has 0 radical (unpaired) electrons. The zero-order valence-electron chi connectivity index (χ0n) is 10.4. The molecule has 0 saturated heterocycles. The zero-order valence-corrected chi connectivity index (χ0v) is 12.6. The van der Waals surface area contributed by atoms with Crippen molar-refractivity contribution in [3.63, 3.8) is 0 Å². The highest BCUT2D eigenvalue weighted by Gasteiger charge is 2.12. The number of aromatic amines is 1. The molecule has 1 nitrogen and oxygen atoms in total. The van der Waals surface area contributed by atoms with Gasteiger partial charge in [-0.3, -0.25) is 0 Å². The smallest absolute Gasteiger partial charge is 0.219 e. The van der Waals surface area contributed by atoms with Crippen molar-refractivity contribution >= 4 is 16.8 Å². The molecular formula is C17H14IN. The van der Waals surface area contributed by atoms with Crippen LogP contribution < -0.4 is 29.0 Å². The van der Waals surface area contributed by atoms with Crippen molar-refractivity contribution < 1.29 is 29.0 Å². The van der Waals surface area contributed by atoms with Gasteiger partial charge in [-0.15, -0.1) is 0 Å². The molecule has 1 N–H and O–H groups in total. The number of benzene rings is 2. The fourth-order valence-corrected chi connectivity index (χ4v) is 2.29. The van der Waals surface area contributed by atoms with Crippen molar-refractivity contribution in [2.45, 2.75) is 0 Å². The van der Waals surface area contributed by atoms with Crippen LogP contribution in [0.25, 0.3) is 28.1 Å². The summed E-state index contributed by atoms with van der Waals surface area (Å²) < 4.78 is 0. The first-order chi connectivity index (χ1) is 8.90. The molecular weight excluding hydrogens is 345 g/mol. The van der Waals surface area contributed by atoms with Crippen LogP contribution in [0.4, 0.5) is 0 Å². The molecule has 1 heterocycles. The quantitative estimate of drug-likeness (QED) is 0.606. The number of fused-ring (bicyclic) bond motifs is 1. The number of pyridine rings is 1. The summed E-state index contributed by atoms with van der Waals surface area (Å²) in [5.74, 6) is 0. The fourth-order valence-electron chi connectivity index (χ4n) is 2.29. The van der Waals surface area contributed by atoms with Crippen LogP contribution in [0, 0.1) is 0 Å². The number of nitrogens with one attached hydrogen (secondary N) is 1. The van der Waals surface area contributed by atoms with Gasteiger partial charge in [-0.25, -0.2) is 4.98 Å². The Balaban J connectivity index is 0.00000133. The molecule has 19 heavy (non-hydrogen) atoms. The topological polar surface area (TPSA) is 14.1 Å². The summed E-state index contributed by atoms with van der Waals surface area (Å²) in [5, 5.41) is 2.47. The van der Waals surface area contributed by atoms with E-state index in [2.05, 4.69) is 60.1 Å². The Labute approximate surface area is 130 Å². The number of hydrogen-bond acceptors (Lipinski definition) is 0. The van der Waals surface area contributed by atoms with E-state index in [1.54, 1.807) is 0 Å². The summed E-state index contributed by atoms with van der Waals surface area (Å²) in [6, 6.07) is 18.8. The molecule has 0 aliphatic rings. The SMILES string of the molecule is C=Cc1ccccc1-c1[nH+]ccc2ccccc12.[I-]. The Hall–Kier alpha value is -1.68. The van der Waals surface area contributed by atoms with Gasteiger partial charge in [0.05, 0.1) is 10.9 Å². The van der Waals surface area contributed by atoms with Gasteiger partial charge in [-0.1, -0.05) is 49.1 Å². The molecule has 0 aliphatic heterocycles. The standard InChI is InChI=1S/C17H13N.HI/c1-2-13-7-3-5-9-15(13)17-16-10-6-4-8-14(16)11-12-18-17;/h2-12H,1H2;1H. The molecule has 0 aliphatic carbocycles. The van der Waals surface area contributed by atoms with Crippen LogP contribution in [-0.4, -0.2) is 0 Å². The van der Waals surface area contributed by atoms with Crippen LogP contribution in [0.2, 0.25) is 0 Å². The molecule has 2 aromatic carbocycles. The molecule has 0 spiro atoms.